The van der Waals surface area contributed by atoms with Gasteiger partial charge in [-0.05, 0) is 60.0 Å². The van der Waals surface area contributed by atoms with Crippen molar-refractivity contribution in [2.24, 2.45) is 0 Å². The third-order valence-corrected chi connectivity index (χ3v) is 5.07. The second kappa shape index (κ2) is 8.22. The molecule has 0 aromatic heterocycles. The zero-order valence-electron chi connectivity index (χ0n) is 15.2. The number of hydrogen-bond acceptors (Lipinski definition) is 4. The second-order valence-corrected chi connectivity index (χ2v) is 7.27. The van der Waals surface area contributed by atoms with E-state index in [9.17, 15) is 14.4 Å². The zero-order valence-corrected chi connectivity index (χ0v) is 16.0. The summed E-state index contributed by atoms with van der Waals surface area (Å²) in [6, 6.07) is 15.1. The van der Waals surface area contributed by atoms with Gasteiger partial charge in [0.05, 0.1) is 4.91 Å². The molecule has 1 N–H and O–H groups in total. The molecule has 0 unspecified atom stereocenters. The molecule has 3 rings (SSSR count). The fourth-order valence-electron chi connectivity index (χ4n) is 2.70. The predicted molar refractivity (Wildman–Crippen MR) is 108 cm³/mol. The number of nitrogens with one attached hydrogen (secondary N) is 1. The van der Waals surface area contributed by atoms with E-state index in [1.165, 1.54) is 5.56 Å². The van der Waals surface area contributed by atoms with Crippen LogP contribution >= 0.6 is 11.8 Å². The van der Waals surface area contributed by atoms with Gasteiger partial charge in [-0.3, -0.25) is 19.3 Å². The van der Waals surface area contributed by atoms with Gasteiger partial charge in [-0.25, -0.2) is 0 Å². The highest BCUT2D eigenvalue weighted by Crippen LogP contribution is 2.32. The lowest BCUT2D eigenvalue weighted by atomic mass is 10.1. The van der Waals surface area contributed by atoms with Crippen molar-refractivity contribution in [3.05, 3.63) is 70.1 Å². The second-order valence-electron chi connectivity index (χ2n) is 6.28. The molecule has 2 aromatic rings. The number of rotatable bonds is 5. The van der Waals surface area contributed by atoms with E-state index < -0.39 is 17.1 Å². The van der Waals surface area contributed by atoms with Crippen molar-refractivity contribution in [3.63, 3.8) is 0 Å². The number of aryl methyl sites for hydroxylation is 2. The van der Waals surface area contributed by atoms with Gasteiger partial charge in [0.25, 0.3) is 11.1 Å². The van der Waals surface area contributed by atoms with Crippen LogP contribution in [0.4, 0.5) is 10.5 Å². The predicted octanol–water partition coefficient (Wildman–Crippen LogP) is 4.23. The topological polar surface area (TPSA) is 66.5 Å². The maximum atomic E-state index is 12.5. The summed E-state index contributed by atoms with van der Waals surface area (Å²) in [5.74, 6) is -0.847. The van der Waals surface area contributed by atoms with Gasteiger partial charge in [0, 0.05) is 5.69 Å². The molecule has 138 valence electrons. The summed E-state index contributed by atoms with van der Waals surface area (Å²) in [6.07, 6.45) is 2.62. The van der Waals surface area contributed by atoms with Crippen LogP contribution in [-0.2, 0) is 16.0 Å². The Bertz CT molecular complexity index is 919. The molecular weight excluding hydrogens is 360 g/mol. The lowest BCUT2D eigenvalue weighted by molar-refractivity contribution is -0.127. The van der Waals surface area contributed by atoms with Crippen LogP contribution in [-0.4, -0.2) is 28.5 Å². The minimum atomic E-state index is -0.441. The number of hydrogen-bond donors (Lipinski definition) is 1. The minimum Gasteiger partial charge on any atom is -0.325 e. The molecule has 0 bridgehead atoms. The first-order valence-electron chi connectivity index (χ1n) is 8.67. The van der Waals surface area contributed by atoms with E-state index >= 15 is 0 Å². The van der Waals surface area contributed by atoms with Crippen molar-refractivity contribution in [1.82, 2.24) is 4.90 Å². The summed E-state index contributed by atoms with van der Waals surface area (Å²) >= 11 is 0.856. The Balaban J connectivity index is 1.68. The lowest BCUT2D eigenvalue weighted by Gasteiger charge is -2.12. The fourth-order valence-corrected chi connectivity index (χ4v) is 3.54. The van der Waals surface area contributed by atoms with Crippen LogP contribution in [0, 0.1) is 6.92 Å². The summed E-state index contributed by atoms with van der Waals surface area (Å²) < 4.78 is 0. The quantitative estimate of drug-likeness (QED) is 0.788. The molecule has 2 aromatic carbocycles. The number of imide groups is 1. The van der Waals surface area contributed by atoms with Crippen molar-refractivity contribution in [2.75, 3.05) is 11.9 Å². The number of carbonyl (C=O) groups excluding carboxylic acids is 3. The van der Waals surface area contributed by atoms with Gasteiger partial charge >= 0.3 is 0 Å². The molecule has 1 aliphatic rings. The minimum absolute atomic E-state index is 0.301. The standard InChI is InChI=1S/C21H20N2O3S/c1-3-15-7-9-16(10-8-15)12-18-20(25)23(21(26)27-18)13-19(24)22-17-6-4-5-14(2)11-17/h4-12H,3,13H2,1-2H3,(H,22,24)/b18-12-. The van der Waals surface area contributed by atoms with Gasteiger partial charge in [0.2, 0.25) is 5.91 Å². The third kappa shape index (κ3) is 4.65. The van der Waals surface area contributed by atoms with Crippen LogP contribution < -0.4 is 5.32 Å². The normalized spacial score (nSPS) is 15.5. The Morgan fingerprint density at radius 3 is 2.56 bits per heavy atom. The van der Waals surface area contributed by atoms with Gasteiger partial charge in [0.1, 0.15) is 6.54 Å². The molecule has 0 aliphatic carbocycles. The van der Waals surface area contributed by atoms with E-state index in [4.69, 9.17) is 0 Å². The summed E-state index contributed by atoms with van der Waals surface area (Å²) in [7, 11) is 0. The number of amides is 3. The summed E-state index contributed by atoms with van der Waals surface area (Å²) in [5.41, 5.74) is 3.70. The highest BCUT2D eigenvalue weighted by Gasteiger charge is 2.36. The molecule has 1 fully saturated rings. The number of benzene rings is 2. The first-order chi connectivity index (χ1) is 13.0. The van der Waals surface area contributed by atoms with Gasteiger partial charge in [0.15, 0.2) is 0 Å². The maximum Gasteiger partial charge on any atom is 0.294 e. The van der Waals surface area contributed by atoms with Gasteiger partial charge < -0.3 is 5.32 Å². The number of nitrogens with zero attached hydrogens (tertiary/aromatic N) is 1. The molecule has 3 amide bonds. The zero-order chi connectivity index (χ0) is 19.4. The van der Waals surface area contributed by atoms with Gasteiger partial charge in [-0.1, -0.05) is 43.3 Å². The molecule has 6 heteroatoms. The van der Waals surface area contributed by atoms with E-state index in [0.29, 0.717) is 10.6 Å². The first-order valence-corrected chi connectivity index (χ1v) is 9.48. The van der Waals surface area contributed by atoms with Crippen molar-refractivity contribution in [1.29, 1.82) is 0 Å². The molecule has 27 heavy (non-hydrogen) atoms. The monoisotopic (exact) mass is 380 g/mol. The Hall–Kier alpha value is -2.86. The van der Waals surface area contributed by atoms with E-state index in [1.807, 2.05) is 49.4 Å². The fraction of sp³-hybridized carbons (Fsp3) is 0.190. The van der Waals surface area contributed by atoms with Gasteiger partial charge in [-0.15, -0.1) is 0 Å². The molecule has 1 heterocycles. The lowest BCUT2D eigenvalue weighted by Crippen LogP contribution is -2.36. The molecule has 1 aliphatic heterocycles. The van der Waals surface area contributed by atoms with Crippen LogP contribution in [0.5, 0.6) is 0 Å². The van der Waals surface area contributed by atoms with Crippen LogP contribution in [0.2, 0.25) is 0 Å². The average molecular weight is 380 g/mol. The summed E-state index contributed by atoms with van der Waals surface area (Å²) in [5, 5.41) is 2.28. The molecule has 1 saturated heterocycles. The largest absolute Gasteiger partial charge is 0.325 e. The van der Waals surface area contributed by atoms with E-state index in [1.54, 1.807) is 12.1 Å². The van der Waals surface area contributed by atoms with Crippen molar-refractivity contribution in [3.8, 4) is 0 Å². The van der Waals surface area contributed by atoms with E-state index in [0.717, 1.165) is 34.2 Å². The molecule has 0 atom stereocenters. The summed E-state index contributed by atoms with van der Waals surface area (Å²) in [4.78, 5) is 38.2. The number of anilines is 1. The Morgan fingerprint density at radius 2 is 1.89 bits per heavy atom. The molecule has 0 spiro atoms. The highest BCUT2D eigenvalue weighted by atomic mass is 32.2. The van der Waals surface area contributed by atoms with E-state index in [-0.39, 0.29) is 6.54 Å². The van der Waals surface area contributed by atoms with Gasteiger partial charge in [-0.2, -0.15) is 0 Å². The van der Waals surface area contributed by atoms with Crippen LogP contribution in [0.25, 0.3) is 6.08 Å². The maximum absolute atomic E-state index is 12.5. The molecule has 0 saturated carbocycles. The smallest absolute Gasteiger partial charge is 0.294 e. The molecule has 0 radical (unpaired) electrons. The van der Waals surface area contributed by atoms with Crippen molar-refractivity contribution < 1.29 is 14.4 Å². The molecular formula is C21H20N2O3S. The summed E-state index contributed by atoms with van der Waals surface area (Å²) in [6.45, 7) is 3.69. The van der Waals surface area contributed by atoms with Crippen LogP contribution in [0.1, 0.15) is 23.6 Å². The van der Waals surface area contributed by atoms with E-state index in [2.05, 4.69) is 12.2 Å². The van der Waals surface area contributed by atoms with Crippen LogP contribution in [0.3, 0.4) is 0 Å². The van der Waals surface area contributed by atoms with Crippen molar-refractivity contribution in [2.45, 2.75) is 20.3 Å². The molecule has 5 nitrogen and oxygen atoms in total. The Morgan fingerprint density at radius 1 is 1.15 bits per heavy atom. The Labute approximate surface area is 162 Å². The van der Waals surface area contributed by atoms with Crippen molar-refractivity contribution >= 4 is 40.6 Å². The SMILES string of the molecule is CCc1ccc(/C=C2\SC(=O)N(CC(=O)Nc3cccc(C)c3)C2=O)cc1. The average Bonchev–Trinajstić information content (AvgIpc) is 2.90. The highest BCUT2D eigenvalue weighted by molar-refractivity contribution is 8.18. The Kier molecular flexibility index (Phi) is 5.76. The first kappa shape index (κ1) is 18.9. The van der Waals surface area contributed by atoms with Crippen LogP contribution in [0.15, 0.2) is 53.4 Å². The third-order valence-electron chi connectivity index (χ3n) is 4.16. The number of thioether (sulfide) groups is 1. The number of carbonyl (C=O) groups is 3.